The van der Waals surface area contributed by atoms with Crippen molar-refractivity contribution in [2.45, 2.75) is 6.92 Å². The van der Waals surface area contributed by atoms with E-state index in [4.69, 9.17) is 16.6 Å². The van der Waals surface area contributed by atoms with Crippen LogP contribution in [0.25, 0.3) is 22.2 Å². The van der Waals surface area contributed by atoms with Gasteiger partial charge in [-0.05, 0) is 55.5 Å². The van der Waals surface area contributed by atoms with Gasteiger partial charge in [0.1, 0.15) is 5.82 Å². The van der Waals surface area contributed by atoms with E-state index in [1.165, 1.54) is 24.3 Å². The summed E-state index contributed by atoms with van der Waals surface area (Å²) >= 11 is 6.34. The molecular weight excluding hydrogens is 375 g/mol. The second-order valence-corrected chi connectivity index (χ2v) is 6.92. The Bertz CT molecular complexity index is 1190. The van der Waals surface area contributed by atoms with Gasteiger partial charge in [0.25, 0.3) is 5.91 Å². The molecule has 138 valence electrons. The SMILES string of the molecule is Cc1ccc2nc(-c3ccccc3Cl)cc(C(=O)Nc3ccc(F)cc3)c2c1. The van der Waals surface area contributed by atoms with Crippen LogP contribution in [0.5, 0.6) is 0 Å². The Morgan fingerprint density at radius 3 is 2.50 bits per heavy atom. The van der Waals surface area contributed by atoms with Gasteiger partial charge in [-0.15, -0.1) is 0 Å². The summed E-state index contributed by atoms with van der Waals surface area (Å²) in [6.45, 7) is 1.96. The molecule has 0 aliphatic heterocycles. The molecule has 0 radical (unpaired) electrons. The second-order valence-electron chi connectivity index (χ2n) is 6.52. The first kappa shape index (κ1) is 18.1. The molecule has 0 aliphatic rings. The number of anilines is 1. The van der Waals surface area contributed by atoms with Crippen LogP contribution in [0.4, 0.5) is 10.1 Å². The molecule has 0 spiro atoms. The third-order valence-corrected chi connectivity index (χ3v) is 4.79. The van der Waals surface area contributed by atoms with Crippen molar-refractivity contribution >= 4 is 34.1 Å². The van der Waals surface area contributed by atoms with Crippen LogP contribution < -0.4 is 5.32 Å². The predicted octanol–water partition coefficient (Wildman–Crippen LogP) is 6.26. The van der Waals surface area contributed by atoms with Crippen molar-refractivity contribution in [3.8, 4) is 11.3 Å². The summed E-state index contributed by atoms with van der Waals surface area (Å²) < 4.78 is 13.1. The third kappa shape index (κ3) is 3.59. The molecule has 4 aromatic rings. The Labute approximate surface area is 166 Å². The van der Waals surface area contributed by atoms with Gasteiger partial charge in [-0.2, -0.15) is 0 Å². The number of carbonyl (C=O) groups is 1. The van der Waals surface area contributed by atoms with Crippen LogP contribution in [0, 0.1) is 12.7 Å². The summed E-state index contributed by atoms with van der Waals surface area (Å²) in [4.78, 5) is 17.7. The third-order valence-electron chi connectivity index (χ3n) is 4.46. The molecule has 3 nitrogen and oxygen atoms in total. The Balaban J connectivity index is 1.85. The number of hydrogen-bond donors (Lipinski definition) is 1. The monoisotopic (exact) mass is 390 g/mol. The Kier molecular flexibility index (Phi) is 4.80. The van der Waals surface area contributed by atoms with E-state index < -0.39 is 0 Å². The molecule has 0 fully saturated rings. The van der Waals surface area contributed by atoms with Gasteiger partial charge in [-0.25, -0.2) is 9.37 Å². The van der Waals surface area contributed by atoms with Crippen LogP contribution in [0.3, 0.4) is 0 Å². The fourth-order valence-corrected chi connectivity index (χ4v) is 3.30. The van der Waals surface area contributed by atoms with E-state index in [9.17, 15) is 9.18 Å². The Morgan fingerprint density at radius 2 is 1.75 bits per heavy atom. The molecule has 0 aliphatic carbocycles. The molecule has 0 saturated carbocycles. The normalized spacial score (nSPS) is 10.8. The number of rotatable bonds is 3. The van der Waals surface area contributed by atoms with Crippen LogP contribution in [0.1, 0.15) is 15.9 Å². The lowest BCUT2D eigenvalue weighted by Crippen LogP contribution is -2.13. The molecular formula is C23H16ClFN2O. The highest BCUT2D eigenvalue weighted by atomic mass is 35.5. The topological polar surface area (TPSA) is 42.0 Å². The number of pyridine rings is 1. The van der Waals surface area contributed by atoms with E-state index in [1.807, 2.05) is 43.3 Å². The van der Waals surface area contributed by atoms with Gasteiger partial charge in [0, 0.05) is 21.7 Å². The Morgan fingerprint density at radius 1 is 1.00 bits per heavy atom. The summed E-state index contributed by atoms with van der Waals surface area (Å²) in [5, 5.41) is 4.13. The van der Waals surface area contributed by atoms with E-state index in [0.29, 0.717) is 27.5 Å². The lowest BCUT2D eigenvalue weighted by atomic mass is 10.0. The number of amides is 1. The largest absolute Gasteiger partial charge is 0.322 e. The highest BCUT2D eigenvalue weighted by Crippen LogP contribution is 2.30. The zero-order valence-electron chi connectivity index (χ0n) is 15.0. The molecule has 0 saturated heterocycles. The molecule has 1 aromatic heterocycles. The van der Waals surface area contributed by atoms with Gasteiger partial charge in [-0.3, -0.25) is 4.79 Å². The highest BCUT2D eigenvalue weighted by Gasteiger charge is 2.16. The first-order valence-corrected chi connectivity index (χ1v) is 9.12. The molecule has 5 heteroatoms. The van der Waals surface area contributed by atoms with Crippen molar-refractivity contribution in [1.82, 2.24) is 4.98 Å². The highest BCUT2D eigenvalue weighted by molar-refractivity contribution is 6.33. The number of aromatic nitrogens is 1. The maximum atomic E-state index is 13.1. The van der Waals surface area contributed by atoms with Crippen LogP contribution >= 0.6 is 11.6 Å². The summed E-state index contributed by atoms with van der Waals surface area (Å²) in [5.74, 6) is -0.651. The van der Waals surface area contributed by atoms with Crippen LogP contribution in [-0.4, -0.2) is 10.9 Å². The second kappa shape index (κ2) is 7.41. The lowest BCUT2D eigenvalue weighted by molar-refractivity contribution is 0.102. The maximum Gasteiger partial charge on any atom is 0.256 e. The Hall–Kier alpha value is -3.24. The van der Waals surface area contributed by atoms with Crippen LogP contribution in [0.15, 0.2) is 72.8 Å². The molecule has 28 heavy (non-hydrogen) atoms. The first-order chi connectivity index (χ1) is 13.5. The summed E-state index contributed by atoms with van der Waals surface area (Å²) in [6, 6.07) is 20.5. The molecule has 0 bridgehead atoms. The molecule has 3 aromatic carbocycles. The van der Waals surface area contributed by atoms with Gasteiger partial charge < -0.3 is 5.32 Å². The summed E-state index contributed by atoms with van der Waals surface area (Å²) in [7, 11) is 0. The minimum atomic E-state index is -0.357. The fraction of sp³-hybridized carbons (Fsp3) is 0.0435. The van der Waals surface area contributed by atoms with E-state index in [2.05, 4.69) is 5.32 Å². The first-order valence-electron chi connectivity index (χ1n) is 8.74. The summed E-state index contributed by atoms with van der Waals surface area (Å²) in [5.41, 5.74) is 4.09. The van der Waals surface area contributed by atoms with Crippen molar-refractivity contribution in [2.75, 3.05) is 5.32 Å². The number of carbonyl (C=O) groups excluding carboxylic acids is 1. The van der Waals surface area contributed by atoms with Gasteiger partial charge in [0.2, 0.25) is 0 Å². The predicted molar refractivity (Wildman–Crippen MR) is 111 cm³/mol. The van der Waals surface area contributed by atoms with Gasteiger partial charge >= 0.3 is 0 Å². The van der Waals surface area contributed by atoms with Crippen molar-refractivity contribution in [2.24, 2.45) is 0 Å². The molecule has 4 rings (SSSR count). The minimum absolute atomic E-state index is 0.294. The molecule has 1 heterocycles. The average molecular weight is 391 g/mol. The van der Waals surface area contributed by atoms with Gasteiger partial charge in [0.05, 0.1) is 16.8 Å². The smallest absolute Gasteiger partial charge is 0.256 e. The van der Waals surface area contributed by atoms with E-state index in [-0.39, 0.29) is 11.7 Å². The van der Waals surface area contributed by atoms with E-state index in [0.717, 1.165) is 16.5 Å². The van der Waals surface area contributed by atoms with Crippen LogP contribution in [0.2, 0.25) is 5.02 Å². The number of nitrogens with one attached hydrogen (secondary N) is 1. The standard InChI is InChI=1S/C23H16ClFN2O/c1-14-6-11-21-18(12-14)19(23(28)26-16-9-7-15(25)8-10-16)13-22(27-21)17-4-2-3-5-20(17)24/h2-13H,1H3,(H,26,28). The molecule has 1 amide bonds. The zero-order chi connectivity index (χ0) is 19.7. The zero-order valence-corrected chi connectivity index (χ0v) is 15.8. The number of fused-ring (bicyclic) bond motifs is 1. The molecule has 1 N–H and O–H groups in total. The maximum absolute atomic E-state index is 13.1. The van der Waals surface area contributed by atoms with Crippen molar-refractivity contribution in [3.05, 3.63) is 94.8 Å². The van der Waals surface area contributed by atoms with Crippen molar-refractivity contribution in [1.29, 1.82) is 0 Å². The minimum Gasteiger partial charge on any atom is -0.322 e. The quantitative estimate of drug-likeness (QED) is 0.449. The van der Waals surface area contributed by atoms with Gasteiger partial charge in [0.15, 0.2) is 0 Å². The number of benzene rings is 3. The van der Waals surface area contributed by atoms with Gasteiger partial charge in [-0.1, -0.05) is 41.4 Å². The van der Waals surface area contributed by atoms with Crippen LogP contribution in [-0.2, 0) is 0 Å². The number of nitrogens with zero attached hydrogens (tertiary/aromatic N) is 1. The molecule has 0 atom stereocenters. The van der Waals surface area contributed by atoms with Crippen molar-refractivity contribution < 1.29 is 9.18 Å². The molecule has 0 unspecified atom stereocenters. The summed E-state index contributed by atoms with van der Waals surface area (Å²) in [6.07, 6.45) is 0. The fourth-order valence-electron chi connectivity index (χ4n) is 3.07. The number of halogens is 2. The lowest BCUT2D eigenvalue weighted by Gasteiger charge is -2.12. The average Bonchev–Trinajstić information content (AvgIpc) is 2.69. The number of hydrogen-bond acceptors (Lipinski definition) is 2. The van der Waals surface area contributed by atoms with E-state index >= 15 is 0 Å². The van der Waals surface area contributed by atoms with E-state index in [1.54, 1.807) is 12.1 Å². The van der Waals surface area contributed by atoms with Crippen molar-refractivity contribution in [3.63, 3.8) is 0 Å². The number of aryl methyl sites for hydroxylation is 1.